The van der Waals surface area contributed by atoms with Gasteiger partial charge in [0, 0.05) is 24.1 Å². The second-order valence-electron chi connectivity index (χ2n) is 5.94. The van der Waals surface area contributed by atoms with Crippen LogP contribution in [0.3, 0.4) is 0 Å². The molecule has 0 N–H and O–H groups in total. The third-order valence-electron chi connectivity index (χ3n) is 4.18. The number of para-hydroxylation sites is 2. The first-order valence-electron chi connectivity index (χ1n) is 8.36. The Labute approximate surface area is 144 Å². The first-order chi connectivity index (χ1) is 12.3. The van der Waals surface area contributed by atoms with Crippen LogP contribution in [0.5, 0.6) is 5.75 Å². The van der Waals surface area contributed by atoms with Gasteiger partial charge in [-0.25, -0.2) is 9.78 Å². The first-order valence-corrected chi connectivity index (χ1v) is 8.36. The zero-order valence-electron chi connectivity index (χ0n) is 13.7. The van der Waals surface area contributed by atoms with Gasteiger partial charge < -0.3 is 13.7 Å². The van der Waals surface area contributed by atoms with Crippen LogP contribution in [0.15, 0.2) is 70.1 Å². The van der Waals surface area contributed by atoms with Gasteiger partial charge in [0.05, 0.1) is 24.0 Å². The average molecular weight is 334 g/mol. The molecule has 126 valence electrons. The molecule has 5 nitrogen and oxygen atoms in total. The minimum Gasteiger partial charge on any atom is -0.493 e. The Balaban J connectivity index is 1.31. The number of aromatic nitrogens is 2. The third kappa shape index (κ3) is 3.40. The van der Waals surface area contributed by atoms with E-state index < -0.39 is 0 Å². The Morgan fingerprint density at radius 1 is 1.04 bits per heavy atom. The molecule has 0 saturated heterocycles. The SMILES string of the molecule is O=c1ccc2ccc(OCCCCn3cnc4ccccc43)cc2o1. The summed E-state index contributed by atoms with van der Waals surface area (Å²) in [7, 11) is 0. The lowest BCUT2D eigenvalue weighted by Crippen LogP contribution is -2.02. The van der Waals surface area contributed by atoms with Gasteiger partial charge in [-0.1, -0.05) is 12.1 Å². The predicted octanol–water partition coefficient (Wildman–Crippen LogP) is 4.00. The highest BCUT2D eigenvalue weighted by Crippen LogP contribution is 2.20. The number of fused-ring (bicyclic) bond motifs is 2. The Hall–Kier alpha value is -3.08. The summed E-state index contributed by atoms with van der Waals surface area (Å²) in [5.41, 5.74) is 2.39. The Bertz CT molecular complexity index is 1070. The highest BCUT2D eigenvalue weighted by atomic mass is 16.5. The number of nitrogens with zero attached hydrogens (tertiary/aromatic N) is 2. The lowest BCUT2D eigenvalue weighted by atomic mass is 10.2. The summed E-state index contributed by atoms with van der Waals surface area (Å²) in [5.74, 6) is 0.718. The normalized spacial score (nSPS) is 11.2. The van der Waals surface area contributed by atoms with Gasteiger partial charge in [0.2, 0.25) is 0 Å². The van der Waals surface area contributed by atoms with Crippen LogP contribution in [0.4, 0.5) is 0 Å². The van der Waals surface area contributed by atoms with Crippen LogP contribution < -0.4 is 10.4 Å². The van der Waals surface area contributed by atoms with E-state index >= 15 is 0 Å². The van der Waals surface area contributed by atoms with Gasteiger partial charge in [0.1, 0.15) is 11.3 Å². The number of aryl methyl sites for hydroxylation is 1. The van der Waals surface area contributed by atoms with Crippen LogP contribution in [-0.2, 0) is 6.54 Å². The molecule has 4 rings (SSSR count). The minimum atomic E-state index is -0.350. The molecule has 2 aromatic heterocycles. The Morgan fingerprint density at radius 3 is 2.88 bits per heavy atom. The molecule has 0 saturated carbocycles. The van der Waals surface area contributed by atoms with E-state index in [9.17, 15) is 4.79 Å². The molecule has 0 bridgehead atoms. The van der Waals surface area contributed by atoms with Crippen LogP contribution in [0.2, 0.25) is 0 Å². The maximum atomic E-state index is 11.3. The van der Waals surface area contributed by atoms with Gasteiger partial charge >= 0.3 is 5.63 Å². The molecule has 0 radical (unpaired) electrons. The molecule has 0 atom stereocenters. The van der Waals surface area contributed by atoms with E-state index in [1.165, 1.54) is 6.07 Å². The lowest BCUT2D eigenvalue weighted by molar-refractivity contribution is 0.303. The molecule has 0 spiro atoms. The second-order valence-corrected chi connectivity index (χ2v) is 5.94. The molecule has 5 heteroatoms. The van der Waals surface area contributed by atoms with Gasteiger partial charge in [-0.05, 0) is 43.2 Å². The molecule has 2 heterocycles. The van der Waals surface area contributed by atoms with Crippen LogP contribution >= 0.6 is 0 Å². The minimum absolute atomic E-state index is 0.350. The molecular weight excluding hydrogens is 316 g/mol. The number of unbranched alkanes of at least 4 members (excludes halogenated alkanes) is 1. The number of rotatable bonds is 6. The molecule has 0 amide bonds. The molecular formula is C20H18N2O3. The third-order valence-corrected chi connectivity index (χ3v) is 4.18. The van der Waals surface area contributed by atoms with Gasteiger partial charge in [0.25, 0.3) is 0 Å². The van der Waals surface area contributed by atoms with Crippen LogP contribution in [0.25, 0.3) is 22.0 Å². The maximum absolute atomic E-state index is 11.3. The van der Waals surface area contributed by atoms with Crippen LogP contribution in [0, 0.1) is 0 Å². The van der Waals surface area contributed by atoms with Crippen molar-refractivity contribution >= 4 is 22.0 Å². The summed E-state index contributed by atoms with van der Waals surface area (Å²) >= 11 is 0. The summed E-state index contributed by atoms with van der Waals surface area (Å²) in [5, 5.41) is 0.888. The van der Waals surface area contributed by atoms with E-state index in [4.69, 9.17) is 9.15 Å². The number of hydrogen-bond acceptors (Lipinski definition) is 4. The van der Waals surface area contributed by atoms with Crippen molar-refractivity contribution < 1.29 is 9.15 Å². The summed E-state index contributed by atoms with van der Waals surface area (Å²) < 4.78 is 13.1. The fraction of sp³-hybridized carbons (Fsp3) is 0.200. The molecule has 0 aliphatic heterocycles. The summed E-state index contributed by atoms with van der Waals surface area (Å²) in [6.45, 7) is 1.53. The van der Waals surface area contributed by atoms with Crippen LogP contribution in [0.1, 0.15) is 12.8 Å². The van der Waals surface area contributed by atoms with E-state index in [1.54, 1.807) is 12.1 Å². The topological polar surface area (TPSA) is 57.3 Å². The Morgan fingerprint density at radius 2 is 1.92 bits per heavy atom. The highest BCUT2D eigenvalue weighted by Gasteiger charge is 2.02. The molecule has 0 unspecified atom stereocenters. The van der Waals surface area contributed by atoms with Crippen molar-refractivity contribution in [2.24, 2.45) is 0 Å². The summed E-state index contributed by atoms with van der Waals surface area (Å²) in [4.78, 5) is 15.7. The zero-order chi connectivity index (χ0) is 17.1. The lowest BCUT2D eigenvalue weighted by Gasteiger charge is -2.07. The van der Waals surface area contributed by atoms with Gasteiger partial charge in [-0.15, -0.1) is 0 Å². The van der Waals surface area contributed by atoms with Crippen molar-refractivity contribution in [2.45, 2.75) is 19.4 Å². The van der Waals surface area contributed by atoms with E-state index in [2.05, 4.69) is 15.6 Å². The quantitative estimate of drug-likeness (QED) is 0.395. The van der Waals surface area contributed by atoms with Crippen molar-refractivity contribution in [1.82, 2.24) is 9.55 Å². The standard InChI is InChI=1S/C20H18N2O3/c23-20-10-8-15-7-9-16(13-19(15)25-20)24-12-4-3-11-22-14-21-17-5-1-2-6-18(17)22/h1-2,5-10,13-14H,3-4,11-12H2. The van der Waals surface area contributed by atoms with E-state index in [1.807, 2.05) is 36.7 Å². The van der Waals surface area contributed by atoms with Crippen molar-refractivity contribution in [3.63, 3.8) is 0 Å². The molecule has 0 aliphatic carbocycles. The van der Waals surface area contributed by atoms with E-state index in [0.29, 0.717) is 12.2 Å². The van der Waals surface area contributed by atoms with Gasteiger partial charge in [-0.3, -0.25) is 0 Å². The molecule has 0 fully saturated rings. The van der Waals surface area contributed by atoms with Crippen LogP contribution in [-0.4, -0.2) is 16.2 Å². The molecule has 4 aromatic rings. The number of ether oxygens (including phenoxy) is 1. The smallest absolute Gasteiger partial charge is 0.336 e. The fourth-order valence-electron chi connectivity index (χ4n) is 2.89. The largest absolute Gasteiger partial charge is 0.493 e. The number of benzene rings is 2. The van der Waals surface area contributed by atoms with E-state index in [-0.39, 0.29) is 5.63 Å². The monoisotopic (exact) mass is 334 g/mol. The van der Waals surface area contributed by atoms with Gasteiger partial charge in [0.15, 0.2) is 0 Å². The van der Waals surface area contributed by atoms with Crippen molar-refractivity contribution in [3.05, 3.63) is 71.3 Å². The number of imidazole rings is 1. The van der Waals surface area contributed by atoms with Crippen molar-refractivity contribution in [1.29, 1.82) is 0 Å². The molecule has 2 aromatic carbocycles. The maximum Gasteiger partial charge on any atom is 0.336 e. The Kier molecular flexibility index (Phi) is 4.21. The summed E-state index contributed by atoms with van der Waals surface area (Å²) in [6, 6.07) is 16.9. The van der Waals surface area contributed by atoms with Crippen molar-refractivity contribution in [2.75, 3.05) is 6.61 Å². The highest BCUT2D eigenvalue weighted by molar-refractivity contribution is 5.77. The number of hydrogen-bond donors (Lipinski definition) is 0. The van der Waals surface area contributed by atoms with Gasteiger partial charge in [-0.2, -0.15) is 0 Å². The summed E-state index contributed by atoms with van der Waals surface area (Å²) in [6.07, 6.45) is 3.82. The molecule has 25 heavy (non-hydrogen) atoms. The van der Waals surface area contributed by atoms with E-state index in [0.717, 1.165) is 41.6 Å². The van der Waals surface area contributed by atoms with Crippen molar-refractivity contribution in [3.8, 4) is 5.75 Å². The fourth-order valence-corrected chi connectivity index (χ4v) is 2.89. The first kappa shape index (κ1) is 15.4. The molecule has 0 aliphatic rings. The second kappa shape index (κ2) is 6.81. The predicted molar refractivity (Wildman–Crippen MR) is 96.9 cm³/mol. The average Bonchev–Trinajstić information content (AvgIpc) is 3.04. The zero-order valence-corrected chi connectivity index (χ0v) is 13.7.